The normalized spacial score (nSPS) is 13.3. The number of para-hydroxylation sites is 1. The van der Waals surface area contributed by atoms with E-state index >= 15 is 0 Å². The highest BCUT2D eigenvalue weighted by molar-refractivity contribution is 9.10. The molecule has 0 saturated heterocycles. The summed E-state index contributed by atoms with van der Waals surface area (Å²) in [5.74, 6) is -0.608. The van der Waals surface area contributed by atoms with E-state index in [1.54, 1.807) is 54.6 Å². The predicted octanol–water partition coefficient (Wildman–Crippen LogP) is 6.28. The summed E-state index contributed by atoms with van der Waals surface area (Å²) in [5.41, 5.74) is 1.97. The second-order valence-corrected chi connectivity index (χ2v) is 10.1. The van der Waals surface area contributed by atoms with E-state index < -0.39 is 11.8 Å². The molecule has 0 saturated carbocycles. The van der Waals surface area contributed by atoms with Crippen LogP contribution in [0.15, 0.2) is 122 Å². The van der Waals surface area contributed by atoms with Gasteiger partial charge >= 0.3 is 0 Å². The molecule has 2 heterocycles. The number of amides is 3. The third-order valence-corrected chi connectivity index (χ3v) is 7.08. The van der Waals surface area contributed by atoms with Gasteiger partial charge in [-0.1, -0.05) is 52.0 Å². The van der Waals surface area contributed by atoms with Gasteiger partial charge in [0.2, 0.25) is 0 Å². The SMILES string of the molecule is O=C(Nc1cccc(SC2=C(Nc3ccccc3)C(=O)N(Cc3ccco3)C2=O)c1)c1ccc(Br)cc1. The van der Waals surface area contributed by atoms with Crippen molar-refractivity contribution in [1.29, 1.82) is 0 Å². The van der Waals surface area contributed by atoms with E-state index in [1.807, 2.05) is 36.4 Å². The Bertz CT molecular complexity index is 1490. The van der Waals surface area contributed by atoms with Gasteiger partial charge < -0.3 is 15.1 Å². The van der Waals surface area contributed by atoms with Crippen molar-refractivity contribution in [3.05, 3.63) is 124 Å². The summed E-state index contributed by atoms with van der Waals surface area (Å²) in [6, 6.07) is 26.8. The van der Waals surface area contributed by atoms with Crippen LogP contribution in [0.5, 0.6) is 0 Å². The maximum Gasteiger partial charge on any atom is 0.278 e. The van der Waals surface area contributed by atoms with E-state index in [1.165, 1.54) is 6.26 Å². The summed E-state index contributed by atoms with van der Waals surface area (Å²) in [6.07, 6.45) is 1.50. The van der Waals surface area contributed by atoms with Gasteiger partial charge in [-0.25, -0.2) is 0 Å². The van der Waals surface area contributed by atoms with Gasteiger partial charge in [-0.05, 0) is 66.7 Å². The molecule has 184 valence electrons. The van der Waals surface area contributed by atoms with E-state index in [9.17, 15) is 14.4 Å². The van der Waals surface area contributed by atoms with Crippen LogP contribution in [-0.2, 0) is 16.1 Å². The van der Waals surface area contributed by atoms with Crippen molar-refractivity contribution in [2.75, 3.05) is 10.6 Å². The number of carbonyl (C=O) groups is 3. The predicted molar refractivity (Wildman–Crippen MR) is 146 cm³/mol. The highest BCUT2D eigenvalue weighted by atomic mass is 79.9. The van der Waals surface area contributed by atoms with Gasteiger partial charge in [0.15, 0.2) is 0 Å². The molecule has 1 aliphatic rings. The highest BCUT2D eigenvalue weighted by Crippen LogP contribution is 2.37. The van der Waals surface area contributed by atoms with E-state index in [0.29, 0.717) is 27.6 Å². The number of carbonyl (C=O) groups excluding carboxylic acids is 3. The van der Waals surface area contributed by atoms with Crippen molar-refractivity contribution in [3.63, 3.8) is 0 Å². The molecule has 0 unspecified atom stereocenters. The summed E-state index contributed by atoms with van der Waals surface area (Å²) in [5, 5.41) is 5.99. The Hall–Kier alpha value is -4.08. The number of furan rings is 1. The first kappa shape index (κ1) is 24.6. The Balaban J connectivity index is 1.40. The second-order valence-electron chi connectivity index (χ2n) is 8.06. The third-order valence-electron chi connectivity index (χ3n) is 5.48. The van der Waals surface area contributed by atoms with Gasteiger partial charge in [0, 0.05) is 26.3 Å². The Morgan fingerprint density at radius 1 is 0.865 bits per heavy atom. The van der Waals surface area contributed by atoms with E-state index in [-0.39, 0.29) is 23.1 Å². The number of anilines is 2. The van der Waals surface area contributed by atoms with Crippen LogP contribution in [0.3, 0.4) is 0 Å². The van der Waals surface area contributed by atoms with Gasteiger partial charge in [0.25, 0.3) is 17.7 Å². The Morgan fingerprint density at radius 2 is 1.62 bits per heavy atom. The van der Waals surface area contributed by atoms with E-state index in [0.717, 1.165) is 21.1 Å². The molecule has 0 bridgehead atoms. The molecule has 3 aromatic carbocycles. The number of hydrogen-bond donors (Lipinski definition) is 2. The average molecular weight is 574 g/mol. The average Bonchev–Trinajstić information content (AvgIpc) is 3.49. The molecule has 3 amide bonds. The molecule has 37 heavy (non-hydrogen) atoms. The van der Waals surface area contributed by atoms with Gasteiger partial charge in [-0.3, -0.25) is 19.3 Å². The Kier molecular flexibility index (Phi) is 7.25. The largest absolute Gasteiger partial charge is 0.467 e. The van der Waals surface area contributed by atoms with Crippen molar-refractivity contribution in [2.24, 2.45) is 0 Å². The fourth-order valence-corrected chi connectivity index (χ4v) is 4.96. The smallest absolute Gasteiger partial charge is 0.278 e. The van der Waals surface area contributed by atoms with Crippen molar-refractivity contribution in [1.82, 2.24) is 4.90 Å². The monoisotopic (exact) mass is 573 g/mol. The molecule has 0 atom stereocenters. The van der Waals surface area contributed by atoms with Crippen LogP contribution in [0, 0.1) is 0 Å². The fourth-order valence-electron chi connectivity index (χ4n) is 3.69. The summed E-state index contributed by atoms with van der Waals surface area (Å²) < 4.78 is 6.24. The molecule has 2 N–H and O–H groups in total. The molecule has 7 nitrogen and oxygen atoms in total. The number of benzene rings is 3. The third kappa shape index (κ3) is 5.68. The molecule has 0 aliphatic carbocycles. The molecule has 1 aromatic heterocycles. The van der Waals surface area contributed by atoms with Crippen LogP contribution in [0.25, 0.3) is 0 Å². The van der Waals surface area contributed by atoms with Crippen LogP contribution in [0.1, 0.15) is 16.1 Å². The van der Waals surface area contributed by atoms with Crippen LogP contribution >= 0.6 is 27.7 Å². The fraction of sp³-hybridized carbons (Fsp3) is 0.0357. The standard InChI is InChI=1S/C28H20BrN3O4S/c29-19-13-11-18(12-14-19)26(33)31-21-8-4-10-23(16-21)37-25-24(30-20-6-2-1-3-7-20)27(34)32(28(25)35)17-22-9-5-15-36-22/h1-16,30H,17H2,(H,31,33). The van der Waals surface area contributed by atoms with Crippen LogP contribution in [0.4, 0.5) is 11.4 Å². The molecule has 0 fully saturated rings. The number of nitrogens with zero attached hydrogens (tertiary/aromatic N) is 1. The van der Waals surface area contributed by atoms with Crippen molar-refractivity contribution >= 4 is 56.8 Å². The zero-order chi connectivity index (χ0) is 25.8. The lowest BCUT2D eigenvalue weighted by atomic mass is 10.2. The Labute approximate surface area is 225 Å². The minimum absolute atomic E-state index is 0.0258. The number of nitrogens with one attached hydrogen (secondary N) is 2. The summed E-state index contributed by atoms with van der Waals surface area (Å²) in [6.45, 7) is 0.0258. The van der Waals surface area contributed by atoms with Crippen molar-refractivity contribution in [3.8, 4) is 0 Å². The van der Waals surface area contributed by atoms with Crippen LogP contribution in [0.2, 0.25) is 0 Å². The van der Waals surface area contributed by atoms with Gasteiger partial charge in [0.1, 0.15) is 16.4 Å². The molecule has 9 heteroatoms. The van der Waals surface area contributed by atoms with Crippen molar-refractivity contribution < 1.29 is 18.8 Å². The molecule has 1 aliphatic heterocycles. The van der Waals surface area contributed by atoms with E-state index in [2.05, 4.69) is 26.6 Å². The van der Waals surface area contributed by atoms with Crippen LogP contribution < -0.4 is 10.6 Å². The maximum absolute atomic E-state index is 13.4. The van der Waals surface area contributed by atoms with Crippen molar-refractivity contribution in [2.45, 2.75) is 11.4 Å². The first-order valence-electron chi connectivity index (χ1n) is 11.3. The first-order valence-corrected chi connectivity index (χ1v) is 12.9. The number of rotatable bonds is 8. The first-order chi connectivity index (χ1) is 18.0. The van der Waals surface area contributed by atoms with Crippen LogP contribution in [-0.4, -0.2) is 22.6 Å². The number of halogens is 1. The quantitative estimate of drug-likeness (QED) is 0.241. The summed E-state index contributed by atoms with van der Waals surface area (Å²) >= 11 is 4.53. The molecular weight excluding hydrogens is 554 g/mol. The van der Waals surface area contributed by atoms with Gasteiger partial charge in [-0.15, -0.1) is 0 Å². The molecular formula is C28H20BrN3O4S. The molecule has 0 radical (unpaired) electrons. The minimum Gasteiger partial charge on any atom is -0.467 e. The van der Waals surface area contributed by atoms with E-state index in [4.69, 9.17) is 4.42 Å². The zero-order valence-electron chi connectivity index (χ0n) is 19.3. The summed E-state index contributed by atoms with van der Waals surface area (Å²) in [4.78, 5) is 41.5. The number of imide groups is 1. The minimum atomic E-state index is -0.438. The zero-order valence-corrected chi connectivity index (χ0v) is 21.7. The topological polar surface area (TPSA) is 91.7 Å². The van der Waals surface area contributed by atoms with Gasteiger partial charge in [-0.2, -0.15) is 0 Å². The molecule has 4 aromatic rings. The van der Waals surface area contributed by atoms with Gasteiger partial charge in [0.05, 0.1) is 12.8 Å². The lowest BCUT2D eigenvalue weighted by molar-refractivity contribution is -0.138. The highest BCUT2D eigenvalue weighted by Gasteiger charge is 2.39. The lowest BCUT2D eigenvalue weighted by Crippen LogP contribution is -2.31. The lowest BCUT2D eigenvalue weighted by Gasteiger charge is -2.13. The molecule has 0 spiro atoms. The molecule has 5 rings (SSSR count). The number of hydrogen-bond acceptors (Lipinski definition) is 6. The second kappa shape index (κ2) is 10.9. The Morgan fingerprint density at radius 3 is 2.35 bits per heavy atom. The number of thioether (sulfide) groups is 1. The maximum atomic E-state index is 13.4. The summed E-state index contributed by atoms with van der Waals surface area (Å²) in [7, 11) is 0.